The van der Waals surface area contributed by atoms with E-state index in [0.29, 0.717) is 37.7 Å². The first-order valence-electron chi connectivity index (χ1n) is 8.29. The van der Waals surface area contributed by atoms with Crippen LogP contribution in [0.2, 0.25) is 0 Å². The molecule has 1 saturated heterocycles. The van der Waals surface area contributed by atoms with E-state index in [1.54, 1.807) is 11.8 Å². The van der Waals surface area contributed by atoms with Gasteiger partial charge in [-0.2, -0.15) is 0 Å². The zero-order valence-electron chi connectivity index (χ0n) is 14.3. The Bertz CT molecular complexity index is 806. The Hall–Kier alpha value is -2.67. The zero-order valence-corrected chi connectivity index (χ0v) is 14.3. The first-order valence-corrected chi connectivity index (χ1v) is 8.29. The summed E-state index contributed by atoms with van der Waals surface area (Å²) >= 11 is 0. The van der Waals surface area contributed by atoms with E-state index < -0.39 is 0 Å². The van der Waals surface area contributed by atoms with Crippen LogP contribution in [0.25, 0.3) is 11.0 Å². The normalized spacial score (nSPS) is 14.5. The van der Waals surface area contributed by atoms with Gasteiger partial charge in [-0.25, -0.2) is 4.98 Å². The molecule has 1 aromatic heterocycles. The van der Waals surface area contributed by atoms with E-state index in [-0.39, 0.29) is 24.9 Å². The molecule has 0 bridgehead atoms. The minimum atomic E-state index is -0.224. The van der Waals surface area contributed by atoms with Gasteiger partial charge in [0.25, 0.3) is 0 Å². The lowest BCUT2D eigenvalue weighted by Crippen LogP contribution is -2.42. The standard InChI is InChI=1S/C18H22N4O3/c1-13(2)18(24)19-11-16-20-14-5-3-4-6-15(14)22(16)12-17(23)21-7-9-25-10-8-21/h3-6H,1,7-12H2,2H3,(H,19,24). The third-order valence-corrected chi connectivity index (χ3v) is 4.19. The van der Waals surface area contributed by atoms with Crippen molar-refractivity contribution in [1.29, 1.82) is 0 Å². The van der Waals surface area contributed by atoms with Gasteiger partial charge in [0.05, 0.1) is 30.8 Å². The molecule has 2 amide bonds. The van der Waals surface area contributed by atoms with Crippen molar-refractivity contribution in [3.05, 3.63) is 42.2 Å². The maximum atomic E-state index is 12.6. The Balaban J connectivity index is 1.83. The van der Waals surface area contributed by atoms with Gasteiger partial charge >= 0.3 is 0 Å². The molecule has 1 N–H and O–H groups in total. The van der Waals surface area contributed by atoms with Crippen molar-refractivity contribution < 1.29 is 14.3 Å². The fraction of sp³-hybridized carbons (Fsp3) is 0.389. The van der Waals surface area contributed by atoms with Gasteiger partial charge in [-0.15, -0.1) is 0 Å². The number of imidazole rings is 1. The Morgan fingerprint density at radius 1 is 1.28 bits per heavy atom. The van der Waals surface area contributed by atoms with Crippen molar-refractivity contribution in [2.24, 2.45) is 0 Å². The van der Waals surface area contributed by atoms with Crippen LogP contribution >= 0.6 is 0 Å². The summed E-state index contributed by atoms with van der Waals surface area (Å²) in [5.41, 5.74) is 2.12. The third kappa shape index (κ3) is 3.88. The van der Waals surface area contributed by atoms with Gasteiger partial charge in [-0.1, -0.05) is 18.7 Å². The minimum Gasteiger partial charge on any atom is -0.378 e. The van der Waals surface area contributed by atoms with E-state index in [0.717, 1.165) is 11.0 Å². The molecular formula is C18H22N4O3. The molecule has 0 aliphatic carbocycles. The van der Waals surface area contributed by atoms with E-state index in [1.807, 2.05) is 28.8 Å². The second-order valence-electron chi connectivity index (χ2n) is 6.06. The Kier molecular flexibility index (Phi) is 5.14. The molecule has 3 rings (SSSR count). The highest BCUT2D eigenvalue weighted by molar-refractivity contribution is 5.92. The molecule has 7 nitrogen and oxygen atoms in total. The number of nitrogens with zero attached hydrogens (tertiary/aromatic N) is 3. The number of amides is 2. The lowest BCUT2D eigenvalue weighted by Gasteiger charge is -2.27. The van der Waals surface area contributed by atoms with Crippen LogP contribution in [-0.2, 0) is 27.4 Å². The van der Waals surface area contributed by atoms with E-state index in [2.05, 4.69) is 16.9 Å². The Labute approximate surface area is 146 Å². The van der Waals surface area contributed by atoms with Gasteiger partial charge in [-0.3, -0.25) is 9.59 Å². The quantitative estimate of drug-likeness (QED) is 0.825. The number of benzene rings is 1. The molecule has 2 heterocycles. The second kappa shape index (κ2) is 7.48. The topological polar surface area (TPSA) is 76.5 Å². The maximum Gasteiger partial charge on any atom is 0.246 e. The molecule has 1 aromatic carbocycles. The van der Waals surface area contributed by atoms with E-state index in [4.69, 9.17) is 4.74 Å². The van der Waals surface area contributed by atoms with E-state index >= 15 is 0 Å². The number of rotatable bonds is 5. The highest BCUT2D eigenvalue weighted by atomic mass is 16.5. The molecule has 2 aromatic rings. The summed E-state index contributed by atoms with van der Waals surface area (Å²) in [6.07, 6.45) is 0. The summed E-state index contributed by atoms with van der Waals surface area (Å²) in [6.45, 7) is 8.07. The van der Waals surface area contributed by atoms with Crippen LogP contribution in [0.1, 0.15) is 12.7 Å². The summed E-state index contributed by atoms with van der Waals surface area (Å²) in [5, 5.41) is 2.79. The average molecular weight is 342 g/mol. The molecule has 1 fully saturated rings. The Morgan fingerprint density at radius 3 is 2.72 bits per heavy atom. The number of carbonyl (C=O) groups excluding carboxylic acids is 2. The van der Waals surface area contributed by atoms with Gasteiger partial charge in [0, 0.05) is 18.7 Å². The molecule has 0 atom stereocenters. The van der Waals surface area contributed by atoms with E-state index in [1.165, 1.54) is 0 Å². The predicted octanol–water partition coefficient (Wildman–Crippen LogP) is 1.09. The largest absolute Gasteiger partial charge is 0.378 e. The molecule has 1 aliphatic rings. The SMILES string of the molecule is C=C(C)C(=O)NCc1nc2ccccc2n1CC(=O)N1CCOCC1. The highest BCUT2D eigenvalue weighted by Gasteiger charge is 2.20. The van der Waals surface area contributed by atoms with Gasteiger partial charge in [0.15, 0.2) is 0 Å². The second-order valence-corrected chi connectivity index (χ2v) is 6.06. The molecule has 1 aliphatic heterocycles. The monoisotopic (exact) mass is 342 g/mol. The summed E-state index contributed by atoms with van der Waals surface area (Å²) in [5.74, 6) is 0.453. The average Bonchev–Trinajstić information content (AvgIpc) is 2.98. The summed E-state index contributed by atoms with van der Waals surface area (Å²) in [7, 11) is 0. The number of aromatic nitrogens is 2. The van der Waals surface area contributed by atoms with Crippen LogP contribution in [-0.4, -0.2) is 52.6 Å². The van der Waals surface area contributed by atoms with Gasteiger partial charge in [0.1, 0.15) is 12.4 Å². The number of para-hydroxylation sites is 2. The number of morpholine rings is 1. The number of ether oxygens (including phenoxy) is 1. The van der Waals surface area contributed by atoms with Gasteiger partial charge in [-0.05, 0) is 19.1 Å². The van der Waals surface area contributed by atoms with Crippen molar-refractivity contribution in [2.75, 3.05) is 26.3 Å². The summed E-state index contributed by atoms with van der Waals surface area (Å²) in [4.78, 5) is 30.8. The van der Waals surface area contributed by atoms with Gasteiger partial charge in [0.2, 0.25) is 11.8 Å². The van der Waals surface area contributed by atoms with Crippen LogP contribution in [0.3, 0.4) is 0 Å². The van der Waals surface area contributed by atoms with Crippen LogP contribution in [0, 0.1) is 0 Å². The first-order chi connectivity index (χ1) is 12.1. The lowest BCUT2D eigenvalue weighted by atomic mass is 10.3. The number of fused-ring (bicyclic) bond motifs is 1. The highest BCUT2D eigenvalue weighted by Crippen LogP contribution is 2.17. The number of hydrogen-bond donors (Lipinski definition) is 1. The molecule has 25 heavy (non-hydrogen) atoms. The molecule has 132 valence electrons. The molecule has 0 unspecified atom stereocenters. The minimum absolute atomic E-state index is 0.0268. The van der Waals surface area contributed by atoms with Crippen molar-refractivity contribution in [2.45, 2.75) is 20.0 Å². The number of carbonyl (C=O) groups is 2. The molecule has 0 saturated carbocycles. The lowest BCUT2D eigenvalue weighted by molar-refractivity contribution is -0.135. The fourth-order valence-corrected chi connectivity index (χ4v) is 2.80. The maximum absolute atomic E-state index is 12.6. The molecule has 7 heteroatoms. The Morgan fingerprint density at radius 2 is 2.00 bits per heavy atom. The van der Waals surface area contributed by atoms with Gasteiger partial charge < -0.3 is 19.5 Å². The van der Waals surface area contributed by atoms with Crippen molar-refractivity contribution in [3.63, 3.8) is 0 Å². The number of hydrogen-bond acceptors (Lipinski definition) is 4. The van der Waals surface area contributed by atoms with Crippen LogP contribution in [0.15, 0.2) is 36.4 Å². The zero-order chi connectivity index (χ0) is 17.8. The first kappa shape index (κ1) is 17.2. The van der Waals surface area contributed by atoms with Crippen molar-refractivity contribution in [1.82, 2.24) is 19.8 Å². The van der Waals surface area contributed by atoms with Crippen molar-refractivity contribution >= 4 is 22.8 Å². The van der Waals surface area contributed by atoms with Crippen molar-refractivity contribution in [3.8, 4) is 0 Å². The fourth-order valence-electron chi connectivity index (χ4n) is 2.80. The predicted molar refractivity (Wildman–Crippen MR) is 93.8 cm³/mol. The van der Waals surface area contributed by atoms with Crippen LogP contribution in [0.5, 0.6) is 0 Å². The summed E-state index contributed by atoms with van der Waals surface area (Å²) in [6, 6.07) is 7.64. The third-order valence-electron chi connectivity index (χ3n) is 4.19. The smallest absolute Gasteiger partial charge is 0.246 e. The van der Waals surface area contributed by atoms with Crippen LogP contribution in [0.4, 0.5) is 0 Å². The van der Waals surface area contributed by atoms with E-state index in [9.17, 15) is 9.59 Å². The number of nitrogens with one attached hydrogen (secondary N) is 1. The van der Waals surface area contributed by atoms with Crippen LogP contribution < -0.4 is 5.32 Å². The summed E-state index contributed by atoms with van der Waals surface area (Å²) < 4.78 is 7.16. The molecular weight excluding hydrogens is 320 g/mol. The molecule has 0 spiro atoms. The molecule has 0 radical (unpaired) electrons.